The summed E-state index contributed by atoms with van der Waals surface area (Å²) in [5, 5.41) is 2.87. The summed E-state index contributed by atoms with van der Waals surface area (Å²) >= 11 is 1.86. The van der Waals surface area contributed by atoms with Crippen LogP contribution in [0.2, 0.25) is 0 Å². The van der Waals surface area contributed by atoms with Crippen LogP contribution in [0.25, 0.3) is 10.1 Å². The van der Waals surface area contributed by atoms with Crippen molar-refractivity contribution in [2.45, 2.75) is 94.6 Å². The molecular formula is C40H48F2N5O11PS2. The number of nitrogens with zero attached hydrogens (tertiary/aromatic N) is 4. The molecule has 3 aromatic rings. The summed E-state index contributed by atoms with van der Waals surface area (Å²) in [4.78, 5) is 77.8. The van der Waals surface area contributed by atoms with E-state index < -0.39 is 62.5 Å². The van der Waals surface area contributed by atoms with Crippen LogP contribution in [0.1, 0.15) is 85.8 Å². The van der Waals surface area contributed by atoms with Crippen molar-refractivity contribution in [1.82, 2.24) is 25.1 Å². The number of amides is 3. The highest BCUT2D eigenvalue weighted by Gasteiger charge is 2.56. The van der Waals surface area contributed by atoms with Crippen LogP contribution in [0, 0.1) is 5.92 Å². The second-order valence-corrected chi connectivity index (χ2v) is 20.1. The summed E-state index contributed by atoms with van der Waals surface area (Å²) in [5.74, 6) is -0.364. The van der Waals surface area contributed by atoms with Crippen molar-refractivity contribution in [1.29, 1.82) is 0 Å². The number of hydrogen-bond acceptors (Lipinski definition) is 15. The third kappa shape index (κ3) is 10.4. The number of rotatable bonds is 16. The van der Waals surface area contributed by atoms with Crippen LogP contribution in [0.15, 0.2) is 42.7 Å². The number of ether oxygens (including phenoxy) is 3. The minimum Gasteiger partial charge on any atom is -0.428 e. The molecule has 7 rings (SSSR count). The largest absolute Gasteiger partial charge is 0.510 e. The Morgan fingerprint density at radius 2 is 1.85 bits per heavy atom. The molecule has 61 heavy (non-hydrogen) atoms. The number of hydrogen-bond donors (Lipinski definition) is 1. The van der Waals surface area contributed by atoms with E-state index in [4.69, 9.17) is 23.3 Å². The van der Waals surface area contributed by atoms with Crippen molar-refractivity contribution in [2.75, 3.05) is 45.5 Å². The SMILES string of the molecule is CC(C)CC(=O)SCCOP(=O)(OCOC(=O)O[C@H]1CCOC1)C(F)(F)c1ccc2sc(C(=O)NC3CCC[C@H]4CC[C@@H](C(=O)N5CC(c6ncccn6)C5)N4C3=O)cc2c1. The van der Waals surface area contributed by atoms with E-state index in [0.717, 1.165) is 35.2 Å². The van der Waals surface area contributed by atoms with E-state index in [1.807, 2.05) is 13.8 Å². The number of thioether (sulfide) groups is 1. The maximum Gasteiger partial charge on any atom is 0.510 e. The standard InChI is InChI=1S/C40H48F2N5O11PS2/c1-24(2)17-34(48)60-16-15-56-59(53,57-23-55-39(52)58-29-11-14-54-22-29)40(41,42)27-7-10-32-25(18-27)19-33(61-32)36(49)45-30-6-3-5-28-8-9-31(47(28)37(30)50)38(51)46-20-26(21-46)35-43-12-4-13-44-35/h4,7,10,12-13,18-19,24,26,28-31H,3,5-6,8-9,11,14-17,20-23H2,1-2H3,(H,45,49)/t28-,29-,30?,31-,59?/m0/s1. The quantitative estimate of drug-likeness (QED) is 0.0715. The summed E-state index contributed by atoms with van der Waals surface area (Å²) < 4.78 is 72.3. The lowest BCUT2D eigenvalue weighted by Crippen LogP contribution is -2.58. The number of halogens is 2. The van der Waals surface area contributed by atoms with Crippen molar-refractivity contribution in [3.8, 4) is 0 Å². The average Bonchev–Trinajstić information content (AvgIpc) is 3.97. The van der Waals surface area contributed by atoms with E-state index in [1.54, 1.807) is 28.3 Å². The van der Waals surface area contributed by atoms with Gasteiger partial charge >= 0.3 is 19.4 Å². The predicted molar refractivity (Wildman–Crippen MR) is 219 cm³/mol. The number of likely N-dealkylation sites (tertiary alicyclic amines) is 1. The lowest BCUT2D eigenvalue weighted by atomic mass is 9.97. The zero-order valence-corrected chi connectivity index (χ0v) is 36.2. The van der Waals surface area contributed by atoms with E-state index in [9.17, 15) is 28.5 Å². The normalized spacial score (nSPS) is 23.0. The van der Waals surface area contributed by atoms with Gasteiger partial charge in [0.1, 0.15) is 24.0 Å². The minimum absolute atomic E-state index is 0.0277. The third-order valence-corrected chi connectivity index (χ3v) is 14.9. The van der Waals surface area contributed by atoms with E-state index in [0.29, 0.717) is 68.7 Å². The summed E-state index contributed by atoms with van der Waals surface area (Å²) in [6.07, 6.45) is 5.10. The molecule has 2 aromatic heterocycles. The van der Waals surface area contributed by atoms with Gasteiger partial charge in [-0.2, -0.15) is 8.78 Å². The Morgan fingerprint density at radius 1 is 1.07 bits per heavy atom. The summed E-state index contributed by atoms with van der Waals surface area (Å²) in [5.41, 5.74) is -5.05. The molecule has 21 heteroatoms. The van der Waals surface area contributed by atoms with Gasteiger partial charge in [0, 0.05) is 60.4 Å². The molecule has 16 nitrogen and oxygen atoms in total. The first-order valence-electron chi connectivity index (χ1n) is 20.3. The number of nitrogens with one attached hydrogen (secondary N) is 1. The molecule has 0 spiro atoms. The molecule has 5 atom stereocenters. The zero-order valence-electron chi connectivity index (χ0n) is 33.7. The summed E-state index contributed by atoms with van der Waals surface area (Å²) in [6, 6.07) is 4.90. The Kier molecular flexibility index (Phi) is 14.4. The predicted octanol–water partition coefficient (Wildman–Crippen LogP) is 6.44. The molecule has 330 valence electrons. The van der Waals surface area contributed by atoms with Crippen LogP contribution in [-0.2, 0) is 47.9 Å². The highest BCUT2D eigenvalue weighted by atomic mass is 32.2. The van der Waals surface area contributed by atoms with E-state index in [-0.39, 0.29) is 63.9 Å². The van der Waals surface area contributed by atoms with E-state index in [1.165, 1.54) is 12.1 Å². The maximum absolute atomic E-state index is 16.3. The Bertz CT molecular complexity index is 2140. The van der Waals surface area contributed by atoms with Gasteiger partial charge in [-0.15, -0.1) is 11.3 Å². The molecular weight excluding hydrogens is 860 g/mol. The molecule has 0 radical (unpaired) electrons. The van der Waals surface area contributed by atoms with Crippen LogP contribution in [0.4, 0.5) is 13.6 Å². The number of alkyl halides is 2. The van der Waals surface area contributed by atoms with Gasteiger partial charge in [0.25, 0.3) is 5.91 Å². The molecule has 3 amide bonds. The minimum atomic E-state index is -5.46. The third-order valence-electron chi connectivity index (χ3n) is 11.0. The smallest absolute Gasteiger partial charge is 0.428 e. The number of aromatic nitrogens is 2. The van der Waals surface area contributed by atoms with E-state index in [2.05, 4.69) is 15.3 Å². The molecule has 0 bridgehead atoms. The van der Waals surface area contributed by atoms with Crippen molar-refractivity contribution in [3.63, 3.8) is 0 Å². The molecule has 1 N–H and O–H groups in total. The van der Waals surface area contributed by atoms with Crippen molar-refractivity contribution < 1.29 is 60.6 Å². The summed E-state index contributed by atoms with van der Waals surface area (Å²) in [6.45, 7) is 3.42. The van der Waals surface area contributed by atoms with Crippen LogP contribution in [0.5, 0.6) is 0 Å². The van der Waals surface area contributed by atoms with Gasteiger partial charge in [0.05, 0.1) is 30.6 Å². The first-order chi connectivity index (χ1) is 29.2. The molecule has 1 aromatic carbocycles. The Labute approximate surface area is 359 Å². The van der Waals surface area contributed by atoms with Crippen LogP contribution >= 0.6 is 30.7 Å². The van der Waals surface area contributed by atoms with Crippen molar-refractivity contribution >= 4 is 69.8 Å². The number of carbonyl (C=O) groups is 5. The first kappa shape index (κ1) is 45.0. The number of carbonyl (C=O) groups excluding carboxylic acids is 5. The van der Waals surface area contributed by atoms with Crippen LogP contribution in [-0.4, -0.2) is 118 Å². The molecule has 0 aliphatic carbocycles. The molecule has 2 unspecified atom stereocenters. The zero-order chi connectivity index (χ0) is 43.3. The number of benzene rings is 1. The van der Waals surface area contributed by atoms with Gasteiger partial charge in [-0.3, -0.25) is 28.3 Å². The first-order valence-corrected chi connectivity index (χ1v) is 23.6. The maximum atomic E-state index is 16.3. The average molecular weight is 908 g/mol. The molecule has 6 heterocycles. The fourth-order valence-corrected chi connectivity index (χ4v) is 11.1. The molecule has 4 aliphatic rings. The van der Waals surface area contributed by atoms with Gasteiger partial charge in [-0.1, -0.05) is 31.7 Å². The fourth-order valence-electron chi connectivity index (χ4n) is 7.85. The van der Waals surface area contributed by atoms with Crippen molar-refractivity contribution in [3.05, 3.63) is 59.0 Å². The molecule has 4 saturated heterocycles. The summed E-state index contributed by atoms with van der Waals surface area (Å²) in [7, 11) is -5.46. The monoisotopic (exact) mass is 907 g/mol. The molecule has 4 fully saturated rings. The Hall–Kier alpha value is -4.07. The topological polar surface area (TPSA) is 193 Å². The van der Waals surface area contributed by atoms with Gasteiger partial charge in [0.15, 0.2) is 5.12 Å². The fraction of sp³-hybridized carbons (Fsp3) is 0.575. The van der Waals surface area contributed by atoms with Crippen molar-refractivity contribution in [2.24, 2.45) is 5.92 Å². The second-order valence-electron chi connectivity index (χ2n) is 15.8. The second kappa shape index (κ2) is 19.5. The Morgan fingerprint density at radius 3 is 2.59 bits per heavy atom. The van der Waals surface area contributed by atoms with Crippen LogP contribution < -0.4 is 5.32 Å². The van der Waals surface area contributed by atoms with Crippen LogP contribution in [0.3, 0.4) is 0 Å². The number of thiophene rings is 1. The van der Waals surface area contributed by atoms with E-state index >= 15 is 8.78 Å². The lowest BCUT2D eigenvalue weighted by Gasteiger charge is -2.41. The van der Waals surface area contributed by atoms with Gasteiger partial charge in [0.2, 0.25) is 18.6 Å². The van der Waals surface area contributed by atoms with Gasteiger partial charge in [-0.05, 0) is 67.7 Å². The number of fused-ring (bicyclic) bond motifs is 2. The lowest BCUT2D eigenvalue weighted by molar-refractivity contribution is -0.148. The highest BCUT2D eigenvalue weighted by Crippen LogP contribution is 2.67. The van der Waals surface area contributed by atoms with Gasteiger partial charge in [-0.25, -0.2) is 14.8 Å². The molecule has 4 aliphatic heterocycles. The molecule has 0 saturated carbocycles. The Balaban J connectivity index is 1.01. The highest BCUT2D eigenvalue weighted by molar-refractivity contribution is 8.13. The van der Waals surface area contributed by atoms with Gasteiger partial charge < -0.3 is 33.9 Å².